The fourth-order valence-corrected chi connectivity index (χ4v) is 2.98. The zero-order chi connectivity index (χ0) is 15.7. The van der Waals surface area contributed by atoms with Crippen LogP contribution in [-0.2, 0) is 4.79 Å². The number of piperidine rings is 1. The summed E-state index contributed by atoms with van der Waals surface area (Å²) in [5.74, 6) is 0.192. The van der Waals surface area contributed by atoms with Gasteiger partial charge in [0.15, 0.2) is 0 Å². The predicted octanol–water partition coefficient (Wildman–Crippen LogP) is 1.74. The number of carbonyl (C=O) groups excluding carboxylic acids is 2. The molecule has 2 amide bonds. The van der Waals surface area contributed by atoms with Crippen molar-refractivity contribution in [3.63, 3.8) is 0 Å². The lowest BCUT2D eigenvalue weighted by atomic mass is 10.1. The molecule has 2 heterocycles. The highest BCUT2D eigenvalue weighted by Gasteiger charge is 2.34. The molecular weight excluding hydrogens is 280 g/mol. The smallest absolute Gasteiger partial charge is 0.255 e. The Morgan fingerprint density at radius 1 is 1.50 bits per heavy atom. The molecule has 1 saturated heterocycles. The molecule has 120 valence electrons. The van der Waals surface area contributed by atoms with Gasteiger partial charge in [-0.2, -0.15) is 5.10 Å². The van der Waals surface area contributed by atoms with E-state index < -0.39 is 6.04 Å². The van der Waals surface area contributed by atoms with Gasteiger partial charge in [0.05, 0.1) is 17.5 Å². The first-order chi connectivity index (χ1) is 10.6. The Bertz CT molecular complexity index is 577. The second-order valence-corrected chi connectivity index (χ2v) is 6.38. The first-order valence-electron chi connectivity index (χ1n) is 8.27. The molecule has 1 saturated carbocycles. The Labute approximate surface area is 130 Å². The second-order valence-electron chi connectivity index (χ2n) is 6.38. The van der Waals surface area contributed by atoms with Crippen LogP contribution < -0.4 is 10.6 Å². The quantitative estimate of drug-likeness (QED) is 0.870. The van der Waals surface area contributed by atoms with Gasteiger partial charge >= 0.3 is 0 Å². The van der Waals surface area contributed by atoms with E-state index in [0.29, 0.717) is 24.4 Å². The van der Waals surface area contributed by atoms with Crippen molar-refractivity contribution in [1.29, 1.82) is 0 Å². The summed E-state index contributed by atoms with van der Waals surface area (Å²) >= 11 is 0. The zero-order valence-corrected chi connectivity index (χ0v) is 13.3. The van der Waals surface area contributed by atoms with Crippen molar-refractivity contribution in [3.8, 4) is 0 Å². The van der Waals surface area contributed by atoms with E-state index in [1.165, 1.54) is 0 Å². The maximum absolute atomic E-state index is 12.6. The van der Waals surface area contributed by atoms with E-state index in [1.54, 1.807) is 6.20 Å². The summed E-state index contributed by atoms with van der Waals surface area (Å²) in [5, 5.41) is 10.1. The van der Waals surface area contributed by atoms with E-state index in [2.05, 4.69) is 29.6 Å². The molecule has 1 aliphatic carbocycles. The van der Waals surface area contributed by atoms with Crippen molar-refractivity contribution in [2.24, 2.45) is 0 Å². The highest BCUT2D eigenvalue weighted by atomic mass is 16.2. The lowest BCUT2D eigenvalue weighted by Crippen LogP contribution is -2.50. The maximum atomic E-state index is 12.6. The van der Waals surface area contributed by atoms with Gasteiger partial charge in [-0.1, -0.05) is 6.92 Å². The van der Waals surface area contributed by atoms with Crippen LogP contribution in [0.1, 0.15) is 74.0 Å². The van der Waals surface area contributed by atoms with Crippen LogP contribution in [-0.4, -0.2) is 34.2 Å². The fraction of sp³-hybridized carbons (Fsp3) is 0.688. The lowest BCUT2D eigenvalue weighted by Gasteiger charge is -2.23. The van der Waals surface area contributed by atoms with E-state index in [0.717, 1.165) is 31.4 Å². The summed E-state index contributed by atoms with van der Waals surface area (Å²) in [4.78, 5) is 24.4. The summed E-state index contributed by atoms with van der Waals surface area (Å²) in [6.07, 6.45) is 6.48. The Morgan fingerprint density at radius 2 is 2.27 bits per heavy atom. The average Bonchev–Trinajstić information content (AvgIpc) is 3.26. The van der Waals surface area contributed by atoms with Crippen LogP contribution >= 0.6 is 0 Å². The monoisotopic (exact) mass is 304 g/mol. The molecule has 22 heavy (non-hydrogen) atoms. The number of nitrogens with zero attached hydrogens (tertiary/aromatic N) is 2. The van der Waals surface area contributed by atoms with Crippen LogP contribution in [0.4, 0.5) is 0 Å². The van der Waals surface area contributed by atoms with Gasteiger partial charge in [0.2, 0.25) is 5.91 Å². The third-order valence-electron chi connectivity index (χ3n) is 4.64. The Morgan fingerprint density at radius 3 is 2.91 bits per heavy atom. The molecule has 0 spiro atoms. The van der Waals surface area contributed by atoms with Gasteiger partial charge in [-0.05, 0) is 39.0 Å². The number of hydrogen-bond donors (Lipinski definition) is 2. The Kier molecular flexibility index (Phi) is 4.18. The topological polar surface area (TPSA) is 76.0 Å². The molecule has 2 fully saturated rings. The van der Waals surface area contributed by atoms with E-state index in [4.69, 9.17) is 0 Å². The van der Waals surface area contributed by atoms with Crippen LogP contribution in [0.15, 0.2) is 6.20 Å². The van der Waals surface area contributed by atoms with Gasteiger partial charge in [-0.15, -0.1) is 0 Å². The van der Waals surface area contributed by atoms with Gasteiger partial charge in [0.1, 0.15) is 6.04 Å². The van der Waals surface area contributed by atoms with Gasteiger partial charge in [-0.25, -0.2) is 0 Å². The summed E-state index contributed by atoms with van der Waals surface area (Å²) in [6.45, 7) is 4.94. The van der Waals surface area contributed by atoms with Crippen LogP contribution in [0.3, 0.4) is 0 Å². The SMILES string of the molecule is CC[C@@H](C)n1ncc(C(=O)N[C@@H]2CCCNC2=O)c1C1CC1. The first kappa shape index (κ1) is 15.1. The third kappa shape index (κ3) is 2.87. The van der Waals surface area contributed by atoms with E-state index in [9.17, 15) is 9.59 Å². The normalized spacial score (nSPS) is 23.0. The van der Waals surface area contributed by atoms with E-state index in [1.807, 2.05) is 4.68 Å². The van der Waals surface area contributed by atoms with Crippen LogP contribution in [0.2, 0.25) is 0 Å². The average molecular weight is 304 g/mol. The second kappa shape index (κ2) is 6.10. The molecule has 1 aromatic heterocycles. The summed E-state index contributed by atoms with van der Waals surface area (Å²) in [6, 6.07) is -0.129. The van der Waals surface area contributed by atoms with Crippen LogP contribution in [0.5, 0.6) is 0 Å². The largest absolute Gasteiger partial charge is 0.354 e. The van der Waals surface area contributed by atoms with Crippen LogP contribution in [0.25, 0.3) is 0 Å². The molecule has 2 aliphatic rings. The van der Waals surface area contributed by atoms with E-state index in [-0.39, 0.29) is 17.9 Å². The van der Waals surface area contributed by atoms with Crippen molar-refractivity contribution in [2.75, 3.05) is 6.54 Å². The molecule has 0 unspecified atom stereocenters. The molecule has 0 radical (unpaired) electrons. The lowest BCUT2D eigenvalue weighted by molar-refractivity contribution is -0.124. The standard InChI is InChI=1S/C16H24N4O2/c1-3-10(2)20-14(11-6-7-11)12(9-18-20)15(21)19-13-5-4-8-17-16(13)22/h9-11,13H,3-8H2,1-2H3,(H,17,22)(H,19,21)/t10-,13-/m1/s1. The zero-order valence-electron chi connectivity index (χ0n) is 13.3. The molecule has 6 nitrogen and oxygen atoms in total. The minimum absolute atomic E-state index is 0.0816. The molecule has 1 aromatic rings. The minimum atomic E-state index is -0.416. The molecule has 1 aliphatic heterocycles. The number of aromatic nitrogens is 2. The summed E-state index contributed by atoms with van der Waals surface area (Å²) in [7, 11) is 0. The number of carbonyl (C=O) groups is 2. The highest BCUT2D eigenvalue weighted by Crippen LogP contribution is 2.42. The number of hydrogen-bond acceptors (Lipinski definition) is 3. The van der Waals surface area contributed by atoms with Crippen molar-refractivity contribution in [1.82, 2.24) is 20.4 Å². The van der Waals surface area contributed by atoms with Crippen LogP contribution in [0, 0.1) is 0 Å². The van der Waals surface area contributed by atoms with Crippen molar-refractivity contribution < 1.29 is 9.59 Å². The highest BCUT2D eigenvalue weighted by molar-refractivity contribution is 5.98. The number of amides is 2. The molecule has 2 N–H and O–H groups in total. The Hall–Kier alpha value is -1.85. The van der Waals surface area contributed by atoms with Crippen molar-refractivity contribution in [3.05, 3.63) is 17.5 Å². The minimum Gasteiger partial charge on any atom is -0.354 e. The molecule has 2 atom stereocenters. The van der Waals surface area contributed by atoms with Crippen molar-refractivity contribution in [2.45, 2.75) is 64.0 Å². The number of nitrogens with one attached hydrogen (secondary N) is 2. The maximum Gasteiger partial charge on any atom is 0.255 e. The fourth-order valence-electron chi connectivity index (χ4n) is 2.98. The summed E-state index contributed by atoms with van der Waals surface area (Å²) in [5.41, 5.74) is 1.68. The van der Waals surface area contributed by atoms with E-state index >= 15 is 0 Å². The molecule has 0 bridgehead atoms. The van der Waals surface area contributed by atoms with Gasteiger partial charge < -0.3 is 10.6 Å². The molecule has 3 rings (SSSR count). The Balaban J connectivity index is 1.80. The molecular formula is C16H24N4O2. The molecule has 0 aromatic carbocycles. The van der Waals surface area contributed by atoms with Gasteiger partial charge in [-0.3, -0.25) is 14.3 Å². The molecule has 6 heteroatoms. The third-order valence-corrected chi connectivity index (χ3v) is 4.64. The van der Waals surface area contributed by atoms with Gasteiger partial charge in [0, 0.05) is 18.5 Å². The number of rotatable bonds is 5. The predicted molar refractivity (Wildman–Crippen MR) is 82.7 cm³/mol. The van der Waals surface area contributed by atoms with Gasteiger partial charge in [0.25, 0.3) is 5.91 Å². The first-order valence-corrected chi connectivity index (χ1v) is 8.27. The summed E-state index contributed by atoms with van der Waals surface area (Å²) < 4.78 is 1.99. The van der Waals surface area contributed by atoms with Crippen molar-refractivity contribution >= 4 is 11.8 Å².